The number of nitrogens with zero attached hydrogens (tertiary/aromatic N) is 2. The average molecular weight is 627 g/mol. The molecule has 0 saturated carbocycles. The van der Waals surface area contributed by atoms with Crippen molar-refractivity contribution in [2.75, 3.05) is 33.8 Å². The lowest BCUT2D eigenvalue weighted by Gasteiger charge is -2.56. The molecule has 10 atom stereocenters. The molecule has 8 aliphatic rings. The summed E-state index contributed by atoms with van der Waals surface area (Å²) in [6, 6.07) is 9.41. The van der Waals surface area contributed by atoms with Crippen molar-refractivity contribution in [2.24, 2.45) is 11.8 Å². The molecule has 244 valence electrons. The van der Waals surface area contributed by atoms with Crippen LogP contribution in [0.3, 0.4) is 0 Å². The third-order valence-electron chi connectivity index (χ3n) is 13.2. The normalized spacial score (nSPS) is 40.0. The van der Waals surface area contributed by atoms with Crippen LogP contribution in [-0.2, 0) is 41.6 Å². The summed E-state index contributed by atoms with van der Waals surface area (Å²) in [6.45, 7) is 4.88. The molecule has 4 heterocycles. The van der Waals surface area contributed by atoms with Gasteiger partial charge in [0.1, 0.15) is 35.9 Å². The van der Waals surface area contributed by atoms with Gasteiger partial charge in [0.05, 0.1) is 13.2 Å². The maximum Gasteiger partial charge on any atom is 0.139 e. The van der Waals surface area contributed by atoms with Crippen molar-refractivity contribution >= 4 is 0 Å². The quantitative estimate of drug-likeness (QED) is 0.447. The van der Waals surface area contributed by atoms with Crippen molar-refractivity contribution in [3.63, 3.8) is 0 Å². The van der Waals surface area contributed by atoms with E-state index in [4.69, 9.17) is 14.2 Å². The van der Waals surface area contributed by atoms with E-state index in [0.717, 1.165) is 61.4 Å². The van der Waals surface area contributed by atoms with E-state index in [0.29, 0.717) is 30.5 Å². The van der Waals surface area contributed by atoms with Crippen LogP contribution in [0, 0.1) is 11.8 Å². The lowest BCUT2D eigenvalue weighted by molar-refractivity contribution is -0.0681. The van der Waals surface area contributed by atoms with Crippen LogP contribution in [0.1, 0.15) is 53.1 Å². The Morgan fingerprint density at radius 3 is 1.83 bits per heavy atom. The highest BCUT2D eigenvalue weighted by Gasteiger charge is 2.65. The van der Waals surface area contributed by atoms with Crippen LogP contribution < -0.4 is 9.47 Å². The second-order valence-electron chi connectivity index (χ2n) is 14.9. The molecule has 2 aromatic carbocycles. The molecule has 0 radical (unpaired) electrons. The van der Waals surface area contributed by atoms with Crippen molar-refractivity contribution in [3.05, 3.63) is 82.0 Å². The minimum atomic E-state index is -0.565. The molecule has 2 saturated heterocycles. The van der Waals surface area contributed by atoms with Crippen LogP contribution in [0.15, 0.2) is 48.6 Å². The summed E-state index contributed by atoms with van der Waals surface area (Å²) in [5, 5.41) is 30.0. The Bertz CT molecular complexity index is 1640. The average Bonchev–Trinajstić information content (AvgIpc) is 3.61. The first kappa shape index (κ1) is 29.4. The van der Waals surface area contributed by atoms with E-state index in [1.165, 1.54) is 22.3 Å². The highest BCUT2D eigenvalue weighted by molar-refractivity contribution is 5.61. The topological polar surface area (TPSA) is 94.9 Å². The van der Waals surface area contributed by atoms with Gasteiger partial charge in [-0.05, 0) is 70.9 Å². The molecule has 2 spiro atoms. The van der Waals surface area contributed by atoms with Gasteiger partial charge in [-0.2, -0.15) is 0 Å². The molecule has 46 heavy (non-hydrogen) atoms. The molecule has 10 rings (SSSR count). The highest BCUT2D eigenvalue weighted by atomic mass is 16.5. The molecule has 2 fully saturated rings. The lowest BCUT2D eigenvalue weighted by Crippen LogP contribution is -2.65. The first-order chi connectivity index (χ1) is 22.4. The molecule has 3 N–H and O–H groups in total. The third kappa shape index (κ3) is 3.61. The Kier molecular flexibility index (Phi) is 6.64. The first-order valence-corrected chi connectivity index (χ1v) is 17.3. The summed E-state index contributed by atoms with van der Waals surface area (Å²) in [4.78, 5) is 4.97. The van der Waals surface area contributed by atoms with Crippen LogP contribution >= 0.6 is 0 Å². The summed E-state index contributed by atoms with van der Waals surface area (Å²) >= 11 is 0. The number of piperidine rings is 2. The Morgan fingerprint density at radius 2 is 1.28 bits per heavy atom. The number of likely N-dealkylation sites (tertiary alicyclic amines) is 2. The second-order valence-corrected chi connectivity index (χ2v) is 14.9. The van der Waals surface area contributed by atoms with Crippen molar-refractivity contribution in [3.8, 4) is 11.5 Å². The number of ether oxygens (including phenoxy) is 3. The molecule has 4 aliphatic heterocycles. The number of benzene rings is 2. The van der Waals surface area contributed by atoms with E-state index in [2.05, 4.69) is 54.3 Å². The van der Waals surface area contributed by atoms with E-state index in [-0.39, 0.29) is 42.4 Å². The third-order valence-corrected chi connectivity index (χ3v) is 13.2. The Hall–Kier alpha value is -2.72. The summed E-state index contributed by atoms with van der Waals surface area (Å²) in [7, 11) is 4.45. The van der Waals surface area contributed by atoms with Gasteiger partial charge in [0.25, 0.3) is 0 Å². The van der Waals surface area contributed by atoms with Crippen molar-refractivity contribution < 1.29 is 29.5 Å². The zero-order valence-corrected chi connectivity index (χ0v) is 27.1. The van der Waals surface area contributed by atoms with E-state index in [1.807, 2.05) is 25.1 Å². The Balaban J connectivity index is 0.000000127. The SMILES string of the molecule is CCO[C@H]1C=CC2C3Cc4ccc(CO)c5c4[C@@]2(CCN3C)[C@H]1O5.CN1CC[C@]23c4c5ccc(CO)c4O[C@H]2[C@@H](O)C=CC3C1C5. The minimum absolute atomic E-state index is 0.000184. The number of rotatable bonds is 4. The van der Waals surface area contributed by atoms with Crippen molar-refractivity contribution in [1.29, 1.82) is 0 Å². The summed E-state index contributed by atoms with van der Waals surface area (Å²) in [5.74, 6) is 2.66. The fourth-order valence-corrected chi connectivity index (χ4v) is 11.2. The number of likely N-dealkylation sites (N-methyl/N-ethyl adjacent to an activating group) is 2. The molecule has 8 heteroatoms. The maximum atomic E-state index is 10.5. The van der Waals surface area contributed by atoms with Crippen LogP contribution in [0.4, 0.5) is 0 Å². The number of aliphatic hydroxyl groups is 3. The zero-order chi connectivity index (χ0) is 31.5. The molecule has 8 nitrogen and oxygen atoms in total. The van der Waals surface area contributed by atoms with Gasteiger partial charge < -0.3 is 39.3 Å². The van der Waals surface area contributed by atoms with Gasteiger partial charge in [0.2, 0.25) is 0 Å². The second kappa shape index (κ2) is 10.4. The molecule has 4 unspecified atom stereocenters. The fraction of sp³-hybridized carbons (Fsp3) is 0.579. The van der Waals surface area contributed by atoms with Crippen LogP contribution in [0.2, 0.25) is 0 Å². The fourth-order valence-electron chi connectivity index (χ4n) is 11.2. The van der Waals surface area contributed by atoms with Gasteiger partial charge in [0.15, 0.2) is 0 Å². The van der Waals surface area contributed by atoms with E-state index < -0.39 is 6.10 Å². The van der Waals surface area contributed by atoms with Crippen LogP contribution in [0.5, 0.6) is 11.5 Å². The van der Waals surface area contributed by atoms with Crippen LogP contribution in [0.25, 0.3) is 0 Å². The van der Waals surface area contributed by atoms with Crippen molar-refractivity contribution in [2.45, 2.75) is 93.2 Å². The Morgan fingerprint density at radius 1 is 0.761 bits per heavy atom. The maximum absolute atomic E-state index is 10.5. The van der Waals surface area contributed by atoms with Crippen molar-refractivity contribution in [1.82, 2.24) is 9.80 Å². The standard InChI is InChI=1S/C20H25NO3.C18H21NO3/c1-3-23-16-7-6-14-15-10-12-4-5-13(11-22)18-17(12)20(14,19(16)24-18)8-9-21(15)2;1-19-7-6-18-12-4-5-14(21)17(18)22-16-11(9-20)3-2-10(15(16)18)8-13(12)19/h4-7,14-16,19,22H,3,8-11H2,1-2H3;2-5,12-14,17,20-21H,6-9H2,1H3/t14?,15?,16-,19-,20-;12?,13?,14-,17-,18-/m00/s1. The monoisotopic (exact) mass is 626 g/mol. The highest BCUT2D eigenvalue weighted by Crippen LogP contribution is 2.63. The van der Waals surface area contributed by atoms with Gasteiger partial charge in [-0.1, -0.05) is 48.6 Å². The summed E-state index contributed by atoms with van der Waals surface area (Å²) in [5.41, 5.74) is 7.08. The van der Waals surface area contributed by atoms with Gasteiger partial charge in [0, 0.05) is 63.6 Å². The van der Waals surface area contributed by atoms with Gasteiger partial charge in [-0.25, -0.2) is 0 Å². The molecule has 0 amide bonds. The molecule has 4 aliphatic carbocycles. The lowest BCUT2D eigenvalue weighted by atomic mass is 9.53. The zero-order valence-electron chi connectivity index (χ0n) is 27.1. The van der Waals surface area contributed by atoms with E-state index >= 15 is 0 Å². The first-order valence-electron chi connectivity index (χ1n) is 17.3. The predicted molar refractivity (Wildman–Crippen MR) is 173 cm³/mol. The molecule has 2 aromatic rings. The van der Waals surface area contributed by atoms with Gasteiger partial charge in [-0.3, -0.25) is 0 Å². The van der Waals surface area contributed by atoms with E-state index in [9.17, 15) is 15.3 Å². The molecule has 4 bridgehead atoms. The predicted octanol–water partition coefficient (Wildman–Crippen LogP) is 3.01. The Labute approximate surface area is 271 Å². The summed E-state index contributed by atoms with van der Waals surface area (Å²) in [6.07, 6.45) is 12.2. The van der Waals surface area contributed by atoms with Gasteiger partial charge >= 0.3 is 0 Å². The molecular weight excluding hydrogens is 580 g/mol. The van der Waals surface area contributed by atoms with E-state index in [1.54, 1.807) is 0 Å². The van der Waals surface area contributed by atoms with Gasteiger partial charge in [-0.15, -0.1) is 0 Å². The molecular formula is C38H46N2O6. The largest absolute Gasteiger partial charge is 0.486 e. The smallest absolute Gasteiger partial charge is 0.139 e. The molecule has 0 aromatic heterocycles. The minimum Gasteiger partial charge on any atom is -0.486 e. The number of aliphatic hydroxyl groups excluding tert-OH is 3. The number of hydrogen-bond acceptors (Lipinski definition) is 8. The number of hydrogen-bond donors (Lipinski definition) is 3. The summed E-state index contributed by atoms with van der Waals surface area (Å²) < 4.78 is 18.9. The van der Waals surface area contributed by atoms with Crippen LogP contribution in [-0.4, -0.2) is 95.4 Å².